The van der Waals surface area contributed by atoms with E-state index in [1.165, 1.54) is 38.5 Å². The molecule has 2 unspecified atom stereocenters. The highest BCUT2D eigenvalue weighted by atomic mass is 32.1. The second-order valence-corrected chi connectivity index (χ2v) is 6.13. The Bertz CT molecular complexity index is 472. The SMILES string of the molecule is NC(=S)c1cccnc1N1CCCC2CCCCC21. The molecule has 1 aromatic rings. The Kier molecular flexibility index (Phi) is 3.69. The molecular formula is C15H21N3S. The van der Waals surface area contributed by atoms with E-state index in [1.54, 1.807) is 0 Å². The Labute approximate surface area is 120 Å². The maximum atomic E-state index is 5.85. The highest BCUT2D eigenvalue weighted by molar-refractivity contribution is 7.80. The summed E-state index contributed by atoms with van der Waals surface area (Å²) in [5.74, 6) is 1.84. The molecular weight excluding hydrogens is 254 g/mol. The number of hydrogen-bond acceptors (Lipinski definition) is 3. The third-order valence-corrected chi connectivity index (χ3v) is 4.79. The monoisotopic (exact) mass is 275 g/mol. The van der Waals surface area contributed by atoms with E-state index in [-0.39, 0.29) is 0 Å². The van der Waals surface area contributed by atoms with Crippen LogP contribution in [0.3, 0.4) is 0 Å². The van der Waals surface area contributed by atoms with Gasteiger partial charge >= 0.3 is 0 Å². The van der Waals surface area contributed by atoms with Crippen molar-refractivity contribution in [1.29, 1.82) is 0 Å². The Morgan fingerprint density at radius 3 is 2.89 bits per heavy atom. The zero-order valence-electron chi connectivity index (χ0n) is 11.2. The first-order valence-electron chi connectivity index (χ1n) is 7.29. The van der Waals surface area contributed by atoms with E-state index in [0.29, 0.717) is 11.0 Å². The molecule has 19 heavy (non-hydrogen) atoms. The van der Waals surface area contributed by atoms with Gasteiger partial charge in [-0.05, 0) is 43.7 Å². The van der Waals surface area contributed by atoms with E-state index in [2.05, 4.69) is 9.88 Å². The number of aromatic nitrogens is 1. The number of pyridine rings is 1. The fraction of sp³-hybridized carbons (Fsp3) is 0.600. The van der Waals surface area contributed by atoms with Crippen molar-refractivity contribution < 1.29 is 0 Å². The predicted molar refractivity (Wildman–Crippen MR) is 82.5 cm³/mol. The first-order chi connectivity index (χ1) is 9.27. The lowest BCUT2D eigenvalue weighted by atomic mass is 9.78. The summed E-state index contributed by atoms with van der Waals surface area (Å²) in [5, 5.41) is 0. The highest BCUT2D eigenvalue weighted by Crippen LogP contribution is 2.37. The van der Waals surface area contributed by atoms with Crippen LogP contribution in [0.25, 0.3) is 0 Å². The number of nitrogens with two attached hydrogens (primary N) is 1. The van der Waals surface area contributed by atoms with Crippen LogP contribution < -0.4 is 10.6 Å². The summed E-state index contributed by atoms with van der Waals surface area (Å²) >= 11 is 5.18. The summed E-state index contributed by atoms with van der Waals surface area (Å²) in [6, 6.07) is 4.56. The molecule has 2 heterocycles. The minimum absolute atomic E-state index is 0.459. The maximum Gasteiger partial charge on any atom is 0.139 e. The van der Waals surface area contributed by atoms with Crippen LogP contribution in [0.5, 0.6) is 0 Å². The molecule has 2 atom stereocenters. The molecule has 2 N–H and O–H groups in total. The fourth-order valence-corrected chi connectivity index (χ4v) is 3.87. The number of anilines is 1. The lowest BCUT2D eigenvalue weighted by molar-refractivity contribution is 0.242. The average molecular weight is 275 g/mol. The van der Waals surface area contributed by atoms with E-state index in [1.807, 2.05) is 18.3 Å². The van der Waals surface area contributed by atoms with Gasteiger partial charge in [0, 0.05) is 18.8 Å². The number of nitrogens with zero attached hydrogens (tertiary/aromatic N) is 2. The van der Waals surface area contributed by atoms with Crippen LogP contribution in [-0.4, -0.2) is 22.6 Å². The topological polar surface area (TPSA) is 42.1 Å². The quantitative estimate of drug-likeness (QED) is 0.843. The van der Waals surface area contributed by atoms with Crippen molar-refractivity contribution in [3.8, 4) is 0 Å². The van der Waals surface area contributed by atoms with Crippen LogP contribution >= 0.6 is 12.2 Å². The summed E-state index contributed by atoms with van der Waals surface area (Å²) < 4.78 is 0. The van der Waals surface area contributed by atoms with Crippen molar-refractivity contribution in [3.05, 3.63) is 23.9 Å². The molecule has 0 spiro atoms. The molecule has 0 radical (unpaired) electrons. The Morgan fingerprint density at radius 2 is 2.05 bits per heavy atom. The fourth-order valence-electron chi connectivity index (χ4n) is 3.71. The standard InChI is InChI=1S/C15H21N3S/c16-14(19)12-7-3-9-17-15(12)18-10-4-6-11-5-1-2-8-13(11)18/h3,7,9,11,13H,1-2,4-6,8,10H2,(H2,16,19). The second-order valence-electron chi connectivity index (χ2n) is 5.69. The van der Waals surface area contributed by atoms with Gasteiger partial charge in [0.2, 0.25) is 0 Å². The van der Waals surface area contributed by atoms with Gasteiger partial charge in [-0.1, -0.05) is 25.1 Å². The Hall–Kier alpha value is -1.16. The molecule has 1 aliphatic carbocycles. The van der Waals surface area contributed by atoms with E-state index in [9.17, 15) is 0 Å². The van der Waals surface area contributed by atoms with Gasteiger partial charge in [0.05, 0.1) is 5.56 Å². The van der Waals surface area contributed by atoms with Gasteiger partial charge in [-0.15, -0.1) is 0 Å². The lowest BCUT2D eigenvalue weighted by Gasteiger charge is -2.45. The molecule has 102 valence electrons. The summed E-state index contributed by atoms with van der Waals surface area (Å²) in [5.41, 5.74) is 6.79. The summed E-state index contributed by atoms with van der Waals surface area (Å²) in [7, 11) is 0. The van der Waals surface area contributed by atoms with Crippen LogP contribution in [0, 0.1) is 5.92 Å². The molecule has 0 aromatic carbocycles. The number of fused-ring (bicyclic) bond motifs is 1. The molecule has 2 aliphatic rings. The first kappa shape index (κ1) is 12.9. The number of piperidine rings is 1. The minimum atomic E-state index is 0.459. The van der Waals surface area contributed by atoms with E-state index in [4.69, 9.17) is 18.0 Å². The summed E-state index contributed by atoms with van der Waals surface area (Å²) in [6.45, 7) is 1.09. The molecule has 0 amide bonds. The van der Waals surface area contributed by atoms with Gasteiger partial charge in [0.1, 0.15) is 10.8 Å². The Balaban J connectivity index is 1.94. The van der Waals surface area contributed by atoms with Crippen molar-refractivity contribution in [2.75, 3.05) is 11.4 Å². The van der Waals surface area contributed by atoms with Gasteiger partial charge in [0.25, 0.3) is 0 Å². The van der Waals surface area contributed by atoms with Crippen molar-refractivity contribution in [1.82, 2.24) is 4.98 Å². The molecule has 1 saturated heterocycles. The molecule has 3 rings (SSSR count). The Morgan fingerprint density at radius 1 is 1.26 bits per heavy atom. The molecule has 1 aromatic heterocycles. The largest absolute Gasteiger partial charge is 0.389 e. The zero-order valence-corrected chi connectivity index (χ0v) is 12.0. The third-order valence-electron chi connectivity index (χ3n) is 4.57. The lowest BCUT2D eigenvalue weighted by Crippen LogP contribution is -2.47. The van der Waals surface area contributed by atoms with Gasteiger partial charge in [-0.2, -0.15) is 0 Å². The smallest absolute Gasteiger partial charge is 0.139 e. The van der Waals surface area contributed by atoms with Crippen molar-refractivity contribution in [2.24, 2.45) is 11.7 Å². The first-order valence-corrected chi connectivity index (χ1v) is 7.69. The van der Waals surface area contributed by atoms with Gasteiger partial charge in [-0.25, -0.2) is 4.98 Å². The molecule has 1 aliphatic heterocycles. The van der Waals surface area contributed by atoms with Gasteiger partial charge < -0.3 is 10.6 Å². The normalized spacial score (nSPS) is 26.8. The van der Waals surface area contributed by atoms with Crippen molar-refractivity contribution in [2.45, 2.75) is 44.6 Å². The highest BCUT2D eigenvalue weighted by Gasteiger charge is 2.34. The number of thiocarbonyl (C=S) groups is 1. The third kappa shape index (κ3) is 2.46. The van der Waals surface area contributed by atoms with Crippen LogP contribution in [-0.2, 0) is 0 Å². The van der Waals surface area contributed by atoms with Crippen LogP contribution in [0.4, 0.5) is 5.82 Å². The van der Waals surface area contributed by atoms with Crippen LogP contribution in [0.2, 0.25) is 0 Å². The van der Waals surface area contributed by atoms with Crippen LogP contribution in [0.1, 0.15) is 44.1 Å². The zero-order chi connectivity index (χ0) is 13.2. The predicted octanol–water partition coefficient (Wildman–Crippen LogP) is 2.87. The molecule has 0 bridgehead atoms. The van der Waals surface area contributed by atoms with Gasteiger partial charge in [0.15, 0.2) is 0 Å². The molecule has 2 fully saturated rings. The number of rotatable bonds is 2. The van der Waals surface area contributed by atoms with E-state index < -0.39 is 0 Å². The summed E-state index contributed by atoms with van der Waals surface area (Å²) in [6.07, 6.45) is 9.87. The average Bonchev–Trinajstić information content (AvgIpc) is 2.46. The molecule has 1 saturated carbocycles. The van der Waals surface area contributed by atoms with Crippen molar-refractivity contribution >= 4 is 23.0 Å². The number of hydrogen-bond donors (Lipinski definition) is 1. The van der Waals surface area contributed by atoms with Gasteiger partial charge in [-0.3, -0.25) is 0 Å². The molecule has 3 nitrogen and oxygen atoms in total. The second kappa shape index (κ2) is 5.45. The molecule has 4 heteroatoms. The minimum Gasteiger partial charge on any atom is -0.389 e. The van der Waals surface area contributed by atoms with E-state index in [0.717, 1.165) is 23.8 Å². The van der Waals surface area contributed by atoms with E-state index >= 15 is 0 Å². The van der Waals surface area contributed by atoms with Crippen molar-refractivity contribution in [3.63, 3.8) is 0 Å². The summed E-state index contributed by atoms with van der Waals surface area (Å²) in [4.78, 5) is 7.51. The van der Waals surface area contributed by atoms with Crippen LogP contribution in [0.15, 0.2) is 18.3 Å². The maximum absolute atomic E-state index is 5.85.